The minimum atomic E-state index is -0.483. The zero-order chi connectivity index (χ0) is 14.8. The molecule has 1 amide bonds. The predicted octanol–water partition coefficient (Wildman–Crippen LogP) is 3.12. The van der Waals surface area contributed by atoms with Gasteiger partial charge >= 0.3 is 0 Å². The Morgan fingerprint density at radius 1 is 0.714 bits per heavy atom. The number of hydrogen-bond acceptors (Lipinski definition) is 2. The highest BCUT2D eigenvalue weighted by molar-refractivity contribution is 6.13. The van der Waals surface area contributed by atoms with Gasteiger partial charge in [0, 0.05) is 16.7 Å². The smallest absolute Gasteiger partial charge is 0.248 e. The summed E-state index contributed by atoms with van der Waals surface area (Å²) < 4.78 is 0. The quantitative estimate of drug-likeness (QED) is 0.746. The lowest BCUT2D eigenvalue weighted by molar-refractivity contribution is 0.0998. The number of fused-ring (bicyclic) bond motifs is 1. The predicted molar refractivity (Wildman–Crippen MR) is 81.5 cm³/mol. The highest BCUT2D eigenvalue weighted by atomic mass is 16.1. The molecule has 2 aliphatic rings. The van der Waals surface area contributed by atoms with Crippen molar-refractivity contribution >= 4 is 11.7 Å². The lowest BCUT2D eigenvalue weighted by atomic mass is 10.0. The molecule has 0 saturated heterocycles. The monoisotopic (exact) mass is 275 g/mol. The fourth-order valence-corrected chi connectivity index (χ4v) is 2.36. The number of hydrogen-bond donors (Lipinski definition) is 1. The van der Waals surface area contributed by atoms with E-state index in [9.17, 15) is 9.59 Å². The summed E-state index contributed by atoms with van der Waals surface area (Å²) in [5, 5.41) is 0. The highest BCUT2D eigenvalue weighted by Gasteiger charge is 2.16. The number of ketones is 1. The molecule has 102 valence electrons. The van der Waals surface area contributed by atoms with E-state index in [1.807, 2.05) is 30.3 Å². The molecule has 2 N–H and O–H groups in total. The first kappa shape index (κ1) is 13.1. The first-order valence-electron chi connectivity index (χ1n) is 6.59. The van der Waals surface area contributed by atoms with Crippen LogP contribution in [0.3, 0.4) is 0 Å². The van der Waals surface area contributed by atoms with Crippen molar-refractivity contribution in [1.82, 2.24) is 0 Å². The van der Waals surface area contributed by atoms with Gasteiger partial charge in [-0.25, -0.2) is 0 Å². The largest absolute Gasteiger partial charge is 0.366 e. The topological polar surface area (TPSA) is 60.2 Å². The summed E-state index contributed by atoms with van der Waals surface area (Å²) in [6, 6.07) is 19.7. The second kappa shape index (κ2) is 5.21. The molecule has 0 fully saturated rings. The maximum atomic E-state index is 12.6. The van der Waals surface area contributed by atoms with Gasteiger partial charge in [0.15, 0.2) is 5.78 Å². The molecule has 0 aromatic heterocycles. The van der Waals surface area contributed by atoms with E-state index in [-0.39, 0.29) is 5.78 Å². The molecule has 0 radical (unpaired) electrons. The normalized spacial score (nSPS) is 10.5. The van der Waals surface area contributed by atoms with Gasteiger partial charge in [0.05, 0.1) is 0 Å². The zero-order valence-corrected chi connectivity index (χ0v) is 11.2. The van der Waals surface area contributed by atoms with Crippen molar-refractivity contribution in [2.24, 2.45) is 5.73 Å². The molecule has 0 aliphatic heterocycles. The molecule has 2 aliphatic carbocycles. The van der Waals surface area contributed by atoms with E-state index < -0.39 is 5.91 Å². The lowest BCUT2D eigenvalue weighted by Crippen LogP contribution is -2.09. The maximum absolute atomic E-state index is 12.6. The number of primary amides is 1. The van der Waals surface area contributed by atoms with Crippen LogP contribution in [-0.4, -0.2) is 11.7 Å². The first-order chi connectivity index (χ1) is 10.2. The molecular formula is C18H13NO2. The molecule has 1 aromatic rings. The van der Waals surface area contributed by atoms with Crippen molar-refractivity contribution in [2.45, 2.75) is 0 Å². The Labute approximate surface area is 122 Å². The molecule has 0 saturated carbocycles. The molecule has 0 unspecified atom stereocenters. The summed E-state index contributed by atoms with van der Waals surface area (Å²) in [6.45, 7) is 0. The fourth-order valence-electron chi connectivity index (χ4n) is 2.36. The summed E-state index contributed by atoms with van der Waals surface area (Å²) in [5.74, 6) is -0.513. The van der Waals surface area contributed by atoms with E-state index in [0.717, 1.165) is 11.1 Å². The minimum Gasteiger partial charge on any atom is -0.366 e. The summed E-state index contributed by atoms with van der Waals surface area (Å²) in [4.78, 5) is 23.8. The summed E-state index contributed by atoms with van der Waals surface area (Å²) in [5.41, 5.74) is 8.70. The Morgan fingerprint density at radius 2 is 1.38 bits per heavy atom. The van der Waals surface area contributed by atoms with Crippen molar-refractivity contribution in [1.29, 1.82) is 0 Å². The van der Waals surface area contributed by atoms with Crippen molar-refractivity contribution < 1.29 is 9.59 Å². The maximum Gasteiger partial charge on any atom is 0.248 e. The Bertz CT molecular complexity index is 794. The van der Waals surface area contributed by atoms with Gasteiger partial charge in [-0.15, -0.1) is 0 Å². The number of carbonyl (C=O) groups is 2. The SMILES string of the molecule is NC(=O)c1ccc2ccc(C(=O)c3ccccc3)c-2cc1. The number of rotatable bonds is 3. The molecular weight excluding hydrogens is 262 g/mol. The van der Waals surface area contributed by atoms with Crippen LogP contribution in [0.2, 0.25) is 0 Å². The Morgan fingerprint density at radius 3 is 2.10 bits per heavy atom. The van der Waals surface area contributed by atoms with E-state index in [2.05, 4.69) is 0 Å². The molecule has 3 heteroatoms. The molecule has 0 heterocycles. The zero-order valence-electron chi connectivity index (χ0n) is 11.2. The van der Waals surface area contributed by atoms with Gasteiger partial charge in [0.2, 0.25) is 5.91 Å². The number of nitrogens with two attached hydrogens (primary N) is 1. The van der Waals surface area contributed by atoms with E-state index in [1.165, 1.54) is 0 Å². The number of amides is 1. The van der Waals surface area contributed by atoms with Crippen molar-refractivity contribution in [3.63, 3.8) is 0 Å². The second-order valence-electron chi connectivity index (χ2n) is 4.80. The Balaban J connectivity index is 2.09. The number of benzene rings is 1. The van der Waals surface area contributed by atoms with Gasteiger partial charge in [0.25, 0.3) is 0 Å². The van der Waals surface area contributed by atoms with Crippen molar-refractivity contribution in [2.75, 3.05) is 0 Å². The Hall–Kier alpha value is -2.94. The van der Waals surface area contributed by atoms with Gasteiger partial charge in [0.1, 0.15) is 0 Å². The van der Waals surface area contributed by atoms with Gasteiger partial charge in [-0.3, -0.25) is 9.59 Å². The highest BCUT2D eigenvalue weighted by Crippen LogP contribution is 2.29. The Kier molecular flexibility index (Phi) is 3.24. The molecule has 3 rings (SSSR count). The van der Waals surface area contributed by atoms with Crippen LogP contribution in [0.5, 0.6) is 0 Å². The van der Waals surface area contributed by atoms with Gasteiger partial charge < -0.3 is 5.73 Å². The molecule has 3 nitrogen and oxygen atoms in total. The third kappa shape index (κ3) is 2.41. The van der Waals surface area contributed by atoms with Crippen LogP contribution >= 0.6 is 0 Å². The van der Waals surface area contributed by atoms with Crippen LogP contribution in [-0.2, 0) is 0 Å². The lowest BCUT2D eigenvalue weighted by Gasteiger charge is -2.01. The standard InChI is InChI=1S/C18H13NO2/c19-18(21)14-7-6-12-8-11-16(15(12)10-9-14)17(20)13-4-2-1-3-5-13/h1-11H,(H2,19,21). The molecule has 0 bridgehead atoms. The van der Waals surface area contributed by atoms with Crippen LogP contribution in [0.1, 0.15) is 26.3 Å². The van der Waals surface area contributed by atoms with E-state index in [0.29, 0.717) is 16.7 Å². The average Bonchev–Trinajstić information content (AvgIpc) is 2.78. The fraction of sp³-hybridized carbons (Fsp3) is 0. The summed E-state index contributed by atoms with van der Waals surface area (Å²) in [6.07, 6.45) is 0. The van der Waals surface area contributed by atoms with E-state index in [1.54, 1.807) is 36.4 Å². The number of carbonyl (C=O) groups excluding carboxylic acids is 2. The van der Waals surface area contributed by atoms with Crippen molar-refractivity contribution in [3.8, 4) is 11.1 Å². The third-order valence-electron chi connectivity index (χ3n) is 3.47. The van der Waals surface area contributed by atoms with Crippen LogP contribution in [0.4, 0.5) is 0 Å². The van der Waals surface area contributed by atoms with Crippen LogP contribution < -0.4 is 5.73 Å². The summed E-state index contributed by atoms with van der Waals surface area (Å²) in [7, 11) is 0. The molecule has 0 spiro atoms. The summed E-state index contributed by atoms with van der Waals surface area (Å²) >= 11 is 0. The molecule has 0 atom stereocenters. The van der Waals surface area contributed by atoms with Crippen LogP contribution in [0.25, 0.3) is 11.1 Å². The van der Waals surface area contributed by atoms with E-state index in [4.69, 9.17) is 5.73 Å². The van der Waals surface area contributed by atoms with Crippen molar-refractivity contribution in [3.05, 3.63) is 83.4 Å². The minimum absolute atomic E-state index is 0.0302. The third-order valence-corrected chi connectivity index (χ3v) is 3.47. The second-order valence-corrected chi connectivity index (χ2v) is 4.80. The molecule has 21 heavy (non-hydrogen) atoms. The van der Waals surface area contributed by atoms with Crippen LogP contribution in [0.15, 0.2) is 66.7 Å². The average molecular weight is 275 g/mol. The van der Waals surface area contributed by atoms with Crippen LogP contribution in [0, 0.1) is 0 Å². The molecule has 1 aromatic carbocycles. The van der Waals surface area contributed by atoms with Gasteiger partial charge in [-0.2, -0.15) is 0 Å². The van der Waals surface area contributed by atoms with Gasteiger partial charge in [-0.05, 0) is 29.3 Å². The van der Waals surface area contributed by atoms with E-state index >= 15 is 0 Å². The van der Waals surface area contributed by atoms with Gasteiger partial charge in [-0.1, -0.05) is 48.5 Å². The first-order valence-corrected chi connectivity index (χ1v) is 6.59.